The molecule has 2 N–H and O–H groups in total. The number of methoxy groups -OCH3 is 2. The maximum Gasteiger partial charge on any atom is 0.273 e. The molecule has 0 fully saturated rings. The molecule has 0 radical (unpaired) electrons. The summed E-state index contributed by atoms with van der Waals surface area (Å²) in [5.41, 5.74) is 2.37. The van der Waals surface area contributed by atoms with Crippen LogP contribution in [0.3, 0.4) is 0 Å². The molecule has 0 aliphatic heterocycles. The number of aromatic amines is 1. The molecule has 3 aromatic carbocycles. The standard InChI is InChI=1S/C28H28N4O5/c1-35-22-10-6-9-20(15-22)18-37-24-13-11-21(16-25(24)36-2)27-30-28(34)23(31-32-27)12-14-26(33)29-17-19-7-4-3-5-8-19/h3-11,13,15-16H,12,14,17-18H2,1-2H3,(H,29,33)(H,30,32,34). The minimum Gasteiger partial charge on any atom is -0.497 e. The van der Waals surface area contributed by atoms with E-state index in [1.54, 1.807) is 25.3 Å². The van der Waals surface area contributed by atoms with Crippen molar-refractivity contribution in [2.24, 2.45) is 0 Å². The molecule has 1 heterocycles. The predicted octanol–water partition coefficient (Wildman–Crippen LogP) is 3.68. The highest BCUT2D eigenvalue weighted by Crippen LogP contribution is 2.31. The average Bonchev–Trinajstić information content (AvgIpc) is 2.94. The quantitative estimate of drug-likeness (QED) is 0.323. The molecule has 4 rings (SSSR count). The number of nitrogens with one attached hydrogen (secondary N) is 2. The Bertz CT molecular complexity index is 1410. The smallest absolute Gasteiger partial charge is 0.273 e. The van der Waals surface area contributed by atoms with E-state index in [4.69, 9.17) is 14.2 Å². The summed E-state index contributed by atoms with van der Waals surface area (Å²) in [5.74, 6) is 1.91. The summed E-state index contributed by atoms with van der Waals surface area (Å²) in [5, 5.41) is 11.0. The van der Waals surface area contributed by atoms with Gasteiger partial charge >= 0.3 is 0 Å². The van der Waals surface area contributed by atoms with Crippen molar-refractivity contribution in [3.8, 4) is 28.6 Å². The third kappa shape index (κ3) is 6.94. The van der Waals surface area contributed by atoms with E-state index in [9.17, 15) is 9.59 Å². The number of amides is 1. The van der Waals surface area contributed by atoms with Crippen molar-refractivity contribution in [2.45, 2.75) is 26.0 Å². The molecule has 0 bridgehead atoms. The zero-order valence-corrected chi connectivity index (χ0v) is 20.7. The van der Waals surface area contributed by atoms with Gasteiger partial charge in [0.2, 0.25) is 5.91 Å². The lowest BCUT2D eigenvalue weighted by atomic mass is 10.2. The Morgan fingerprint density at radius 1 is 0.892 bits per heavy atom. The Labute approximate surface area is 214 Å². The molecular weight excluding hydrogens is 472 g/mol. The number of nitrogens with zero attached hydrogens (tertiary/aromatic N) is 2. The van der Waals surface area contributed by atoms with E-state index in [1.807, 2.05) is 54.6 Å². The third-order valence-electron chi connectivity index (χ3n) is 5.65. The highest BCUT2D eigenvalue weighted by molar-refractivity contribution is 5.76. The fourth-order valence-corrected chi connectivity index (χ4v) is 3.63. The first-order valence-corrected chi connectivity index (χ1v) is 11.8. The highest BCUT2D eigenvalue weighted by Gasteiger charge is 2.13. The maximum absolute atomic E-state index is 12.6. The fraction of sp³-hybridized carbons (Fsp3) is 0.214. The van der Waals surface area contributed by atoms with Crippen LogP contribution < -0.4 is 25.1 Å². The molecule has 1 aromatic heterocycles. The van der Waals surface area contributed by atoms with Gasteiger partial charge in [0, 0.05) is 24.9 Å². The summed E-state index contributed by atoms with van der Waals surface area (Å²) in [6, 6.07) is 22.5. The number of carbonyl (C=O) groups is 1. The van der Waals surface area contributed by atoms with E-state index >= 15 is 0 Å². The Balaban J connectivity index is 1.37. The summed E-state index contributed by atoms with van der Waals surface area (Å²) in [6.07, 6.45) is 0.320. The molecule has 1 amide bonds. The van der Waals surface area contributed by atoms with Gasteiger partial charge in [-0.05, 0) is 41.5 Å². The van der Waals surface area contributed by atoms with Gasteiger partial charge in [-0.1, -0.05) is 42.5 Å². The monoisotopic (exact) mass is 500 g/mol. The first-order chi connectivity index (χ1) is 18.1. The van der Waals surface area contributed by atoms with Crippen LogP contribution in [0.4, 0.5) is 0 Å². The molecule has 0 saturated heterocycles. The van der Waals surface area contributed by atoms with E-state index in [2.05, 4.69) is 20.5 Å². The maximum atomic E-state index is 12.6. The number of ether oxygens (including phenoxy) is 3. The number of H-pyrrole nitrogens is 1. The van der Waals surface area contributed by atoms with Gasteiger partial charge < -0.3 is 24.5 Å². The molecule has 9 heteroatoms. The van der Waals surface area contributed by atoms with Gasteiger partial charge in [0.25, 0.3) is 5.56 Å². The SMILES string of the molecule is COc1cccc(COc2ccc(-c3nnc(CCC(=O)NCc4ccccc4)c(=O)[nH]3)cc2OC)c1. The predicted molar refractivity (Wildman–Crippen MR) is 139 cm³/mol. The van der Waals surface area contributed by atoms with Crippen molar-refractivity contribution in [2.75, 3.05) is 14.2 Å². The van der Waals surface area contributed by atoms with Crippen LogP contribution in [0, 0.1) is 0 Å². The lowest BCUT2D eigenvalue weighted by Gasteiger charge is -2.12. The van der Waals surface area contributed by atoms with Crippen LogP contribution in [0.25, 0.3) is 11.4 Å². The Morgan fingerprint density at radius 2 is 1.70 bits per heavy atom. The van der Waals surface area contributed by atoms with Crippen LogP contribution in [-0.4, -0.2) is 35.3 Å². The number of hydrogen-bond acceptors (Lipinski definition) is 7. The lowest BCUT2D eigenvalue weighted by molar-refractivity contribution is -0.121. The average molecular weight is 501 g/mol. The number of carbonyl (C=O) groups excluding carboxylic acids is 1. The van der Waals surface area contributed by atoms with Crippen molar-refractivity contribution in [1.82, 2.24) is 20.5 Å². The van der Waals surface area contributed by atoms with Crippen LogP contribution in [0.15, 0.2) is 77.6 Å². The number of aryl methyl sites for hydroxylation is 1. The minimum absolute atomic E-state index is 0.136. The first-order valence-electron chi connectivity index (χ1n) is 11.8. The zero-order chi connectivity index (χ0) is 26.0. The van der Waals surface area contributed by atoms with Crippen LogP contribution >= 0.6 is 0 Å². The molecule has 37 heavy (non-hydrogen) atoms. The number of benzene rings is 3. The molecule has 0 aliphatic carbocycles. The molecule has 9 nitrogen and oxygen atoms in total. The molecular formula is C28H28N4O5. The summed E-state index contributed by atoms with van der Waals surface area (Å²) >= 11 is 0. The minimum atomic E-state index is -0.391. The Kier molecular flexibility index (Phi) is 8.49. The highest BCUT2D eigenvalue weighted by atomic mass is 16.5. The van der Waals surface area contributed by atoms with E-state index in [-0.39, 0.29) is 24.4 Å². The number of hydrogen-bond donors (Lipinski definition) is 2. The Morgan fingerprint density at radius 3 is 2.46 bits per heavy atom. The molecule has 190 valence electrons. The summed E-state index contributed by atoms with van der Waals surface area (Å²) < 4.78 is 16.7. The van der Waals surface area contributed by atoms with Gasteiger partial charge in [0.05, 0.1) is 14.2 Å². The number of rotatable bonds is 11. The van der Waals surface area contributed by atoms with E-state index in [0.717, 1.165) is 16.9 Å². The van der Waals surface area contributed by atoms with Crippen LogP contribution in [0.2, 0.25) is 0 Å². The number of aromatic nitrogens is 3. The lowest BCUT2D eigenvalue weighted by Crippen LogP contribution is -2.25. The third-order valence-corrected chi connectivity index (χ3v) is 5.65. The Hall–Kier alpha value is -4.66. The largest absolute Gasteiger partial charge is 0.497 e. The van der Waals surface area contributed by atoms with Crippen LogP contribution in [0.1, 0.15) is 23.2 Å². The summed E-state index contributed by atoms with van der Waals surface area (Å²) in [6.45, 7) is 0.763. The van der Waals surface area contributed by atoms with E-state index in [0.29, 0.717) is 36.0 Å². The van der Waals surface area contributed by atoms with Gasteiger partial charge in [-0.3, -0.25) is 9.59 Å². The van der Waals surface area contributed by atoms with Gasteiger partial charge in [-0.25, -0.2) is 0 Å². The van der Waals surface area contributed by atoms with Gasteiger partial charge in [-0.2, -0.15) is 0 Å². The van der Waals surface area contributed by atoms with Crippen molar-refractivity contribution in [3.63, 3.8) is 0 Å². The van der Waals surface area contributed by atoms with Crippen molar-refractivity contribution in [3.05, 3.63) is 100.0 Å². The van der Waals surface area contributed by atoms with E-state index in [1.165, 1.54) is 7.11 Å². The second-order valence-electron chi connectivity index (χ2n) is 8.22. The fourth-order valence-electron chi connectivity index (χ4n) is 3.63. The summed E-state index contributed by atoms with van der Waals surface area (Å²) in [7, 11) is 3.16. The second-order valence-corrected chi connectivity index (χ2v) is 8.22. The molecule has 4 aromatic rings. The normalized spacial score (nSPS) is 10.5. The van der Waals surface area contributed by atoms with Crippen LogP contribution in [-0.2, 0) is 24.4 Å². The van der Waals surface area contributed by atoms with Gasteiger partial charge in [-0.15, -0.1) is 10.2 Å². The molecule has 0 atom stereocenters. The first kappa shape index (κ1) is 25.4. The van der Waals surface area contributed by atoms with Crippen LogP contribution in [0.5, 0.6) is 17.2 Å². The molecule has 0 saturated carbocycles. The van der Waals surface area contributed by atoms with Crippen molar-refractivity contribution < 1.29 is 19.0 Å². The zero-order valence-electron chi connectivity index (χ0n) is 20.7. The molecule has 0 spiro atoms. The van der Waals surface area contributed by atoms with Crippen molar-refractivity contribution in [1.29, 1.82) is 0 Å². The second kappa shape index (κ2) is 12.3. The van der Waals surface area contributed by atoms with E-state index < -0.39 is 5.56 Å². The van der Waals surface area contributed by atoms with Gasteiger partial charge in [0.15, 0.2) is 17.3 Å². The topological polar surface area (TPSA) is 115 Å². The molecule has 0 aliphatic rings. The summed E-state index contributed by atoms with van der Waals surface area (Å²) in [4.78, 5) is 27.5. The van der Waals surface area contributed by atoms with Crippen molar-refractivity contribution >= 4 is 5.91 Å². The molecule has 0 unspecified atom stereocenters. The van der Waals surface area contributed by atoms with Gasteiger partial charge in [0.1, 0.15) is 18.1 Å².